The van der Waals surface area contributed by atoms with E-state index in [1.165, 1.54) is 5.30 Å². The van der Waals surface area contributed by atoms with E-state index in [2.05, 4.69) is 44.8 Å². The maximum Gasteiger partial charge on any atom is 0.313 e. The second-order valence-electron chi connectivity index (χ2n) is 9.71. The average Bonchev–Trinajstić information content (AvgIpc) is 2.53. The Kier molecular flexibility index (Phi) is 4.64. The van der Waals surface area contributed by atoms with E-state index in [0.717, 1.165) is 12.8 Å². The molecule has 3 saturated carbocycles. The monoisotopic (exact) mass is 357 g/mol. The lowest BCUT2D eigenvalue weighted by molar-refractivity contribution is -0.179. The van der Waals surface area contributed by atoms with E-state index in [1.54, 1.807) is 0 Å². The van der Waals surface area contributed by atoms with Crippen LogP contribution < -0.4 is 5.30 Å². The number of carbonyl (C=O) groups excluding carboxylic acids is 1. The number of hydrogen-bond donors (Lipinski definition) is 0. The molecule has 0 amide bonds. The summed E-state index contributed by atoms with van der Waals surface area (Å²) < 4.78 is 5.85. The number of hydrogen-bond acceptors (Lipinski definition) is 2. The van der Waals surface area contributed by atoms with Crippen LogP contribution in [0.25, 0.3) is 0 Å². The summed E-state index contributed by atoms with van der Waals surface area (Å²) in [5, 5.41) is 1.22. The van der Waals surface area contributed by atoms with Gasteiger partial charge in [-0.15, -0.1) is 0 Å². The molecule has 0 N–H and O–H groups in total. The van der Waals surface area contributed by atoms with Crippen molar-refractivity contribution in [1.29, 1.82) is 0 Å². The molecule has 3 aliphatic carbocycles. The number of rotatable bonds is 3. The molecule has 5 atom stereocenters. The summed E-state index contributed by atoms with van der Waals surface area (Å²) in [7, 11) is 5.07. The van der Waals surface area contributed by atoms with Crippen molar-refractivity contribution in [1.82, 2.24) is 0 Å². The van der Waals surface area contributed by atoms with E-state index in [-0.39, 0.29) is 23.0 Å². The van der Waals surface area contributed by atoms with E-state index >= 15 is 0 Å². The molecule has 0 saturated heterocycles. The summed E-state index contributed by atoms with van der Waals surface area (Å²) in [6.45, 7) is 12.7. The average molecular weight is 357 g/mol. The summed E-state index contributed by atoms with van der Waals surface area (Å²) in [4.78, 5) is 13.2. The van der Waals surface area contributed by atoms with E-state index in [0.29, 0.717) is 11.8 Å². The normalized spacial score (nSPS) is 33.1. The van der Waals surface area contributed by atoms with Crippen LogP contribution in [0.3, 0.4) is 0 Å². The number of fused-ring (bicyclic) bond motifs is 2. The maximum atomic E-state index is 13.2. The van der Waals surface area contributed by atoms with Crippen LogP contribution in [0.2, 0.25) is 0 Å². The zero-order valence-corrected chi connectivity index (χ0v) is 17.3. The number of carbonyl (C=O) groups is 1. The molecule has 4 rings (SSSR count). The van der Waals surface area contributed by atoms with E-state index in [1.807, 2.05) is 26.8 Å². The first-order chi connectivity index (χ1) is 11.4. The highest BCUT2D eigenvalue weighted by molar-refractivity contribution is 8.03. The van der Waals surface area contributed by atoms with Crippen molar-refractivity contribution in [3.63, 3.8) is 0 Å². The second-order valence-corrected chi connectivity index (χ2v) is 13.2. The van der Waals surface area contributed by atoms with Gasteiger partial charge in [0.15, 0.2) is 0 Å². The molecule has 2 bridgehead atoms. The topological polar surface area (TPSA) is 26.3 Å². The van der Waals surface area contributed by atoms with Crippen molar-refractivity contribution in [3.8, 4) is 0 Å². The molecule has 135 valence electrons. The van der Waals surface area contributed by atoms with Gasteiger partial charge in [-0.05, 0) is 63.0 Å². The molecule has 3 radical (unpaired) electrons. The van der Waals surface area contributed by atoms with Gasteiger partial charge >= 0.3 is 5.97 Å². The summed E-state index contributed by atoms with van der Waals surface area (Å²) in [6.07, 6.45) is 2.19. The smallest absolute Gasteiger partial charge is 0.313 e. The molecule has 0 heterocycles. The summed E-state index contributed by atoms with van der Waals surface area (Å²) in [5.41, 5.74) is -0.0151. The predicted octanol–water partition coefficient (Wildman–Crippen LogP) is 4.44. The van der Waals surface area contributed by atoms with Crippen LogP contribution >= 0.6 is 7.14 Å². The minimum Gasteiger partial charge on any atom is -0.460 e. The summed E-state index contributed by atoms with van der Waals surface area (Å²) >= 11 is 0. The van der Waals surface area contributed by atoms with Crippen LogP contribution in [-0.4, -0.2) is 31.5 Å². The van der Waals surface area contributed by atoms with Crippen molar-refractivity contribution in [2.45, 2.75) is 58.7 Å². The minimum atomic E-state index is -1.91. The summed E-state index contributed by atoms with van der Waals surface area (Å²) in [5.74, 6) is 0.939. The lowest BCUT2D eigenvalue weighted by Gasteiger charge is -2.64. The van der Waals surface area contributed by atoms with Crippen LogP contribution in [0.1, 0.15) is 47.5 Å². The Balaban J connectivity index is 1.96. The van der Waals surface area contributed by atoms with Crippen molar-refractivity contribution in [2.24, 2.45) is 23.2 Å². The van der Waals surface area contributed by atoms with Crippen molar-refractivity contribution in [3.05, 3.63) is 30.3 Å². The molecule has 4 heteroatoms. The SMILES string of the molecule is [B-][P+](C)(c1ccccc1)[C@H]1C[C@H]2C[C@@H]([C@@H]1C(=O)OC(C)(C)C)C2(C)C. The van der Waals surface area contributed by atoms with Crippen LogP contribution in [0.5, 0.6) is 0 Å². The van der Waals surface area contributed by atoms with E-state index in [9.17, 15) is 4.79 Å². The Labute approximate surface area is 154 Å². The lowest BCUT2D eigenvalue weighted by atomic mass is 9.45. The third-order valence-corrected chi connectivity index (χ3v) is 9.92. The quantitative estimate of drug-likeness (QED) is 0.454. The number of benzene rings is 1. The molecule has 3 aliphatic rings. The third kappa shape index (κ3) is 3.30. The lowest BCUT2D eigenvalue weighted by Crippen LogP contribution is -2.61. The number of ether oxygens (including phenoxy) is 1. The second kappa shape index (κ2) is 6.12. The molecular formula is C21H31BO2P. The molecule has 0 aromatic heterocycles. The fourth-order valence-electron chi connectivity index (χ4n) is 4.96. The first-order valence-corrected chi connectivity index (χ1v) is 11.8. The zero-order chi connectivity index (χ0) is 18.6. The van der Waals surface area contributed by atoms with Crippen LogP contribution in [0.15, 0.2) is 30.3 Å². The Bertz CT molecular complexity index is 648. The van der Waals surface area contributed by atoms with Crippen molar-refractivity contribution < 1.29 is 9.53 Å². The van der Waals surface area contributed by atoms with Gasteiger partial charge in [0, 0.05) is 17.6 Å². The highest BCUT2D eigenvalue weighted by atomic mass is 31.2. The van der Waals surface area contributed by atoms with Gasteiger partial charge < -0.3 is 4.74 Å². The van der Waals surface area contributed by atoms with Crippen LogP contribution in [0, 0.1) is 23.2 Å². The van der Waals surface area contributed by atoms with Gasteiger partial charge in [-0.2, -0.15) is 0 Å². The molecule has 1 aromatic rings. The first-order valence-electron chi connectivity index (χ1n) is 9.38. The number of esters is 1. The van der Waals surface area contributed by atoms with Crippen LogP contribution in [0.4, 0.5) is 0 Å². The van der Waals surface area contributed by atoms with Gasteiger partial charge in [0.1, 0.15) is 5.60 Å². The van der Waals surface area contributed by atoms with Gasteiger partial charge in [0.25, 0.3) is 0 Å². The van der Waals surface area contributed by atoms with Crippen LogP contribution in [-0.2, 0) is 9.53 Å². The summed E-state index contributed by atoms with van der Waals surface area (Å²) in [6, 6.07) is 10.4. The molecule has 0 aliphatic heterocycles. The third-order valence-electron chi connectivity index (χ3n) is 6.60. The highest BCUT2D eigenvalue weighted by Gasteiger charge is 2.63. The fraction of sp³-hybridized carbons (Fsp3) is 0.667. The molecule has 1 unspecified atom stereocenters. The van der Waals surface area contributed by atoms with Gasteiger partial charge in [0.2, 0.25) is 0 Å². The Morgan fingerprint density at radius 3 is 2.32 bits per heavy atom. The van der Waals surface area contributed by atoms with E-state index in [4.69, 9.17) is 12.3 Å². The molecule has 2 nitrogen and oxygen atoms in total. The van der Waals surface area contributed by atoms with Crippen molar-refractivity contribution >= 4 is 26.0 Å². The van der Waals surface area contributed by atoms with Gasteiger partial charge in [-0.3, -0.25) is 12.4 Å². The Hall–Kier alpha value is -0.815. The standard InChI is InChI=1S/C21H31BO2P/c1-20(2,3)24-19(23)18-16-12-14(21(16,4)5)13-17(18)25(6,22)15-10-8-7-9-11-15/h7-11,14,16-18H,12-13H2,1-6H3/t14-,16+,17+,18+,25?/m1/s1. The zero-order valence-electron chi connectivity index (χ0n) is 16.5. The Morgan fingerprint density at radius 2 is 1.80 bits per heavy atom. The highest BCUT2D eigenvalue weighted by Crippen LogP contribution is 2.70. The van der Waals surface area contributed by atoms with E-state index < -0.39 is 12.7 Å². The maximum absolute atomic E-state index is 13.2. The minimum absolute atomic E-state index is 0.0404. The first kappa shape index (κ1) is 19.0. The van der Waals surface area contributed by atoms with Gasteiger partial charge in [-0.25, -0.2) is 7.14 Å². The predicted molar refractivity (Wildman–Crippen MR) is 108 cm³/mol. The van der Waals surface area contributed by atoms with Crippen molar-refractivity contribution in [2.75, 3.05) is 6.66 Å². The molecule has 1 aromatic carbocycles. The fourth-order valence-corrected chi connectivity index (χ4v) is 7.84. The van der Waals surface area contributed by atoms with Gasteiger partial charge in [0.05, 0.1) is 5.92 Å². The largest absolute Gasteiger partial charge is 0.460 e. The molecular weight excluding hydrogens is 326 g/mol. The molecule has 0 spiro atoms. The molecule has 3 fully saturated rings. The molecule has 25 heavy (non-hydrogen) atoms. The van der Waals surface area contributed by atoms with Gasteiger partial charge in [-0.1, -0.05) is 32.0 Å². The Morgan fingerprint density at radius 1 is 1.20 bits per heavy atom.